The van der Waals surface area contributed by atoms with Gasteiger partial charge in [-0.15, -0.1) is 0 Å². The lowest BCUT2D eigenvalue weighted by molar-refractivity contribution is -0.145. The Bertz CT molecular complexity index is 761. The van der Waals surface area contributed by atoms with E-state index in [2.05, 4.69) is 15.0 Å². The Labute approximate surface area is 138 Å². The number of aliphatic hydroxyl groups is 1. The molecular formula is C16H17ClN2O4. The van der Waals surface area contributed by atoms with Crippen LogP contribution in [-0.4, -0.2) is 41.2 Å². The quantitative estimate of drug-likeness (QED) is 0.832. The summed E-state index contributed by atoms with van der Waals surface area (Å²) < 4.78 is 4.56. The van der Waals surface area contributed by atoms with Crippen molar-refractivity contribution < 1.29 is 19.4 Å². The van der Waals surface area contributed by atoms with Crippen LogP contribution in [0.3, 0.4) is 0 Å². The number of carbonyl (C=O) groups excluding carboxylic acids is 2. The molecule has 1 amide bonds. The number of aliphatic hydroxyl groups excluding tert-OH is 1. The zero-order valence-corrected chi connectivity index (χ0v) is 13.7. The van der Waals surface area contributed by atoms with E-state index in [1.54, 1.807) is 6.07 Å². The molecule has 122 valence electrons. The van der Waals surface area contributed by atoms with Crippen molar-refractivity contribution in [3.05, 3.63) is 40.5 Å². The molecule has 2 atom stereocenters. The van der Waals surface area contributed by atoms with Gasteiger partial charge >= 0.3 is 5.97 Å². The Morgan fingerprint density at radius 3 is 2.70 bits per heavy atom. The molecule has 0 aliphatic carbocycles. The number of halogens is 1. The van der Waals surface area contributed by atoms with E-state index in [-0.39, 0.29) is 10.6 Å². The number of nitrogens with zero attached hydrogens (tertiary/aromatic N) is 1. The minimum absolute atomic E-state index is 0.123. The van der Waals surface area contributed by atoms with Crippen molar-refractivity contribution in [3.8, 4) is 0 Å². The van der Waals surface area contributed by atoms with E-state index >= 15 is 0 Å². The standard InChI is InChI=1S/C16H17ClN2O4/c1-8-4-5-10-12(6-8)18-7-11(13(10)17)15(21)19-14(9(2)20)16(22)23-3/h4-7,9,14,20H,1-3H3,(H,19,21)/t9-,14+/m1/s1. The van der Waals surface area contributed by atoms with Crippen LogP contribution in [0.5, 0.6) is 0 Å². The fraction of sp³-hybridized carbons (Fsp3) is 0.312. The van der Waals surface area contributed by atoms with Gasteiger partial charge < -0.3 is 15.2 Å². The van der Waals surface area contributed by atoms with Crippen molar-refractivity contribution in [1.29, 1.82) is 0 Å². The SMILES string of the molecule is COC(=O)[C@@H](NC(=O)c1cnc2cc(C)ccc2c1Cl)[C@@H](C)O. The summed E-state index contributed by atoms with van der Waals surface area (Å²) in [6, 6.07) is 4.32. The third-order valence-corrected chi connectivity index (χ3v) is 3.83. The van der Waals surface area contributed by atoms with Crippen LogP contribution >= 0.6 is 11.6 Å². The van der Waals surface area contributed by atoms with Gasteiger partial charge in [-0.25, -0.2) is 4.79 Å². The Hall–Kier alpha value is -2.18. The number of nitrogens with one attached hydrogen (secondary N) is 1. The molecule has 7 heteroatoms. The van der Waals surface area contributed by atoms with Gasteiger partial charge in [0, 0.05) is 11.6 Å². The molecule has 0 aliphatic rings. The lowest BCUT2D eigenvalue weighted by Gasteiger charge is -2.19. The van der Waals surface area contributed by atoms with Gasteiger partial charge in [0.1, 0.15) is 0 Å². The second kappa shape index (κ2) is 6.93. The largest absolute Gasteiger partial charge is 0.467 e. The molecule has 2 rings (SSSR count). The molecule has 1 aromatic carbocycles. The number of aryl methyl sites for hydroxylation is 1. The molecule has 6 nitrogen and oxygen atoms in total. The van der Waals surface area contributed by atoms with Crippen LogP contribution in [0, 0.1) is 6.92 Å². The summed E-state index contributed by atoms with van der Waals surface area (Å²) in [6.07, 6.45) is 0.233. The van der Waals surface area contributed by atoms with E-state index in [0.717, 1.165) is 5.56 Å². The highest BCUT2D eigenvalue weighted by atomic mass is 35.5. The van der Waals surface area contributed by atoms with Crippen LogP contribution in [0.1, 0.15) is 22.8 Å². The number of hydrogen-bond donors (Lipinski definition) is 2. The number of aromatic nitrogens is 1. The molecule has 0 unspecified atom stereocenters. The summed E-state index contributed by atoms with van der Waals surface area (Å²) in [7, 11) is 1.18. The van der Waals surface area contributed by atoms with Gasteiger partial charge in [-0.3, -0.25) is 9.78 Å². The van der Waals surface area contributed by atoms with Crippen molar-refractivity contribution in [2.75, 3.05) is 7.11 Å². The first kappa shape index (κ1) is 17.2. The Kier molecular flexibility index (Phi) is 5.18. The van der Waals surface area contributed by atoms with Crippen molar-refractivity contribution in [1.82, 2.24) is 10.3 Å². The molecule has 0 saturated heterocycles. The maximum absolute atomic E-state index is 12.4. The number of carbonyl (C=O) groups is 2. The summed E-state index contributed by atoms with van der Waals surface area (Å²) in [6.45, 7) is 3.31. The van der Waals surface area contributed by atoms with Crippen LogP contribution in [0.15, 0.2) is 24.4 Å². The number of amides is 1. The first-order valence-corrected chi connectivity index (χ1v) is 7.34. The van der Waals surface area contributed by atoms with E-state index in [4.69, 9.17) is 11.6 Å². The molecule has 0 radical (unpaired) electrons. The third kappa shape index (κ3) is 3.60. The monoisotopic (exact) mass is 336 g/mol. The molecule has 0 saturated carbocycles. The number of esters is 1. The van der Waals surface area contributed by atoms with Gasteiger partial charge in [0.25, 0.3) is 5.91 Å². The molecule has 2 aromatic rings. The highest BCUT2D eigenvalue weighted by Crippen LogP contribution is 2.26. The van der Waals surface area contributed by atoms with Crippen molar-refractivity contribution >= 4 is 34.4 Å². The molecule has 1 heterocycles. The molecule has 0 fully saturated rings. The van der Waals surface area contributed by atoms with Crippen LogP contribution in [0.2, 0.25) is 5.02 Å². The smallest absolute Gasteiger partial charge is 0.331 e. The summed E-state index contributed by atoms with van der Waals surface area (Å²) in [4.78, 5) is 28.2. The van der Waals surface area contributed by atoms with Crippen LogP contribution < -0.4 is 5.32 Å². The second-order valence-electron chi connectivity index (χ2n) is 5.22. The predicted octanol–water partition coefficient (Wildman–Crippen LogP) is 1.85. The zero-order chi connectivity index (χ0) is 17.1. The topological polar surface area (TPSA) is 88.5 Å². The van der Waals surface area contributed by atoms with Gasteiger partial charge in [-0.05, 0) is 25.5 Å². The first-order valence-electron chi connectivity index (χ1n) is 6.96. The number of pyridine rings is 1. The molecule has 1 aromatic heterocycles. The fourth-order valence-corrected chi connectivity index (χ4v) is 2.45. The molecule has 0 spiro atoms. The highest BCUT2D eigenvalue weighted by molar-refractivity contribution is 6.38. The molecule has 2 N–H and O–H groups in total. The van der Waals surface area contributed by atoms with Crippen molar-refractivity contribution in [3.63, 3.8) is 0 Å². The maximum Gasteiger partial charge on any atom is 0.331 e. The number of methoxy groups -OCH3 is 1. The third-order valence-electron chi connectivity index (χ3n) is 3.43. The average molecular weight is 337 g/mol. The van der Waals surface area contributed by atoms with E-state index in [0.29, 0.717) is 10.9 Å². The van der Waals surface area contributed by atoms with Crippen LogP contribution in [-0.2, 0) is 9.53 Å². The number of benzene rings is 1. The van der Waals surface area contributed by atoms with E-state index < -0.39 is 24.0 Å². The number of ether oxygens (including phenoxy) is 1. The zero-order valence-electron chi connectivity index (χ0n) is 13.0. The van der Waals surface area contributed by atoms with Crippen LogP contribution in [0.4, 0.5) is 0 Å². The number of fused-ring (bicyclic) bond motifs is 1. The minimum Gasteiger partial charge on any atom is -0.467 e. The number of rotatable bonds is 4. The van der Waals surface area contributed by atoms with Gasteiger partial charge in [-0.2, -0.15) is 0 Å². The van der Waals surface area contributed by atoms with Gasteiger partial charge in [0.2, 0.25) is 0 Å². The number of hydrogen-bond acceptors (Lipinski definition) is 5. The Morgan fingerprint density at radius 1 is 1.39 bits per heavy atom. The predicted molar refractivity (Wildman–Crippen MR) is 86.4 cm³/mol. The van der Waals surface area contributed by atoms with Gasteiger partial charge in [-0.1, -0.05) is 23.7 Å². The van der Waals surface area contributed by atoms with Crippen molar-refractivity contribution in [2.24, 2.45) is 0 Å². The summed E-state index contributed by atoms with van der Waals surface area (Å²) >= 11 is 6.29. The van der Waals surface area contributed by atoms with E-state index in [1.165, 1.54) is 20.2 Å². The Morgan fingerprint density at radius 2 is 2.09 bits per heavy atom. The molecule has 0 aliphatic heterocycles. The summed E-state index contributed by atoms with van der Waals surface area (Å²) in [5, 5.41) is 12.9. The highest BCUT2D eigenvalue weighted by Gasteiger charge is 2.28. The van der Waals surface area contributed by atoms with Crippen LogP contribution in [0.25, 0.3) is 10.9 Å². The lowest BCUT2D eigenvalue weighted by Crippen LogP contribution is -2.48. The fourth-order valence-electron chi connectivity index (χ4n) is 2.15. The summed E-state index contributed by atoms with van der Waals surface area (Å²) in [5.41, 5.74) is 1.82. The van der Waals surface area contributed by atoms with Crippen molar-refractivity contribution in [2.45, 2.75) is 26.0 Å². The molecule has 23 heavy (non-hydrogen) atoms. The second-order valence-corrected chi connectivity index (χ2v) is 5.60. The average Bonchev–Trinajstić information content (AvgIpc) is 2.51. The van der Waals surface area contributed by atoms with Gasteiger partial charge in [0.05, 0.1) is 29.3 Å². The van der Waals surface area contributed by atoms with E-state index in [1.807, 2.05) is 19.1 Å². The Balaban J connectivity index is 2.36. The molecular weight excluding hydrogens is 320 g/mol. The first-order chi connectivity index (χ1) is 10.8. The van der Waals surface area contributed by atoms with Gasteiger partial charge in [0.15, 0.2) is 6.04 Å². The lowest BCUT2D eigenvalue weighted by atomic mass is 10.1. The van der Waals surface area contributed by atoms with E-state index in [9.17, 15) is 14.7 Å². The maximum atomic E-state index is 12.4. The molecule has 0 bridgehead atoms. The normalized spacial score (nSPS) is 13.4. The summed E-state index contributed by atoms with van der Waals surface area (Å²) in [5.74, 6) is -1.35. The minimum atomic E-state index is -1.18.